The van der Waals surface area contributed by atoms with Gasteiger partial charge in [-0.15, -0.1) is 0 Å². The zero-order valence-corrected chi connectivity index (χ0v) is 11.8. The summed E-state index contributed by atoms with van der Waals surface area (Å²) in [7, 11) is 1.90. The highest BCUT2D eigenvalue weighted by Gasteiger charge is 2.44. The molecule has 1 amide bonds. The lowest BCUT2D eigenvalue weighted by Gasteiger charge is -2.50. The van der Waals surface area contributed by atoms with Crippen LogP contribution in [0.15, 0.2) is 0 Å². The van der Waals surface area contributed by atoms with Crippen molar-refractivity contribution in [1.82, 2.24) is 9.80 Å². The van der Waals surface area contributed by atoms with Gasteiger partial charge in [0.1, 0.15) is 0 Å². The van der Waals surface area contributed by atoms with E-state index in [4.69, 9.17) is 0 Å². The van der Waals surface area contributed by atoms with Crippen LogP contribution in [-0.2, 0) is 4.79 Å². The fourth-order valence-corrected chi connectivity index (χ4v) is 2.40. The topological polar surface area (TPSA) is 23.6 Å². The van der Waals surface area contributed by atoms with Crippen molar-refractivity contribution in [1.29, 1.82) is 0 Å². The van der Waals surface area contributed by atoms with Gasteiger partial charge in [-0.1, -0.05) is 20.8 Å². The van der Waals surface area contributed by atoms with Gasteiger partial charge in [0.05, 0.1) is 6.04 Å². The third-order valence-electron chi connectivity index (χ3n) is 3.28. The molecule has 0 radical (unpaired) electrons. The van der Waals surface area contributed by atoms with Gasteiger partial charge in [0.2, 0.25) is 5.91 Å². The Morgan fingerprint density at radius 3 is 1.94 bits per heavy atom. The number of nitrogens with zero attached hydrogens (tertiary/aromatic N) is 2. The second kappa shape index (κ2) is 4.02. The maximum absolute atomic E-state index is 12.3. The molecule has 3 nitrogen and oxygen atoms in total. The number of piperazine rings is 1. The van der Waals surface area contributed by atoms with Gasteiger partial charge in [-0.2, -0.15) is 0 Å². The van der Waals surface area contributed by atoms with Crippen molar-refractivity contribution in [2.75, 3.05) is 20.1 Å². The maximum Gasteiger partial charge on any atom is 0.240 e. The summed E-state index contributed by atoms with van der Waals surface area (Å²) in [4.78, 5) is 16.5. The minimum Gasteiger partial charge on any atom is -0.343 e. The summed E-state index contributed by atoms with van der Waals surface area (Å²) >= 11 is 0. The lowest BCUT2D eigenvalue weighted by atomic mass is 9.81. The molecule has 1 aliphatic rings. The van der Waals surface area contributed by atoms with Crippen LogP contribution in [0.2, 0.25) is 0 Å². The molecule has 0 aromatic carbocycles. The quantitative estimate of drug-likeness (QED) is 0.630. The van der Waals surface area contributed by atoms with Gasteiger partial charge in [0.15, 0.2) is 0 Å². The molecule has 1 heterocycles. The van der Waals surface area contributed by atoms with E-state index in [9.17, 15) is 4.79 Å². The Hall–Kier alpha value is -0.570. The molecule has 0 unspecified atom stereocenters. The van der Waals surface area contributed by atoms with Crippen LogP contribution in [0, 0.1) is 5.41 Å². The summed E-state index contributed by atoms with van der Waals surface area (Å²) in [5.74, 6) is 0.258. The summed E-state index contributed by atoms with van der Waals surface area (Å²) in [6, 6.07) is -0.00810. The van der Waals surface area contributed by atoms with E-state index in [-0.39, 0.29) is 22.9 Å². The van der Waals surface area contributed by atoms with Crippen LogP contribution < -0.4 is 0 Å². The first kappa shape index (κ1) is 13.5. The molecule has 1 fully saturated rings. The second-order valence-electron chi connectivity index (χ2n) is 6.89. The number of hydrogen-bond donors (Lipinski definition) is 0. The van der Waals surface area contributed by atoms with E-state index in [1.54, 1.807) is 0 Å². The van der Waals surface area contributed by atoms with Gasteiger partial charge >= 0.3 is 0 Å². The SMILES string of the molecule is CN1CCN(C(C)(C)C)[C@H](C(C)(C)C)C1=O. The van der Waals surface area contributed by atoms with E-state index in [1.165, 1.54) is 0 Å². The summed E-state index contributed by atoms with van der Waals surface area (Å²) in [6.07, 6.45) is 0. The van der Waals surface area contributed by atoms with Crippen LogP contribution in [0.1, 0.15) is 41.5 Å². The molecule has 0 N–H and O–H groups in total. The minimum atomic E-state index is -0.0148. The number of carbonyl (C=O) groups excluding carboxylic acids is 1. The third-order valence-corrected chi connectivity index (χ3v) is 3.28. The van der Waals surface area contributed by atoms with E-state index in [1.807, 2.05) is 11.9 Å². The molecular weight excluding hydrogens is 200 g/mol. The van der Waals surface area contributed by atoms with Gasteiger partial charge in [0.25, 0.3) is 0 Å². The van der Waals surface area contributed by atoms with Crippen LogP contribution in [0.25, 0.3) is 0 Å². The van der Waals surface area contributed by atoms with Gasteiger partial charge < -0.3 is 4.90 Å². The van der Waals surface area contributed by atoms with Crippen LogP contribution in [-0.4, -0.2) is 47.4 Å². The van der Waals surface area contributed by atoms with E-state index in [0.29, 0.717) is 0 Å². The molecule has 0 spiro atoms. The first-order valence-corrected chi connectivity index (χ1v) is 6.07. The highest BCUT2D eigenvalue weighted by Crippen LogP contribution is 2.32. The molecule has 0 saturated carbocycles. The van der Waals surface area contributed by atoms with Crippen LogP contribution >= 0.6 is 0 Å². The Bertz CT molecular complexity index is 273. The van der Waals surface area contributed by atoms with Gasteiger partial charge in [0, 0.05) is 25.7 Å². The lowest BCUT2D eigenvalue weighted by molar-refractivity contribution is -0.150. The molecule has 0 aliphatic carbocycles. The van der Waals surface area contributed by atoms with Crippen molar-refractivity contribution in [3.63, 3.8) is 0 Å². The van der Waals surface area contributed by atoms with E-state index < -0.39 is 0 Å². The predicted molar refractivity (Wildman–Crippen MR) is 67.3 cm³/mol. The van der Waals surface area contributed by atoms with Crippen LogP contribution in [0.5, 0.6) is 0 Å². The standard InChI is InChI=1S/C13H26N2O/c1-12(2,3)10-11(16)14(7)8-9-15(10)13(4,5)6/h10H,8-9H2,1-7H3/t10-/m0/s1. The second-order valence-corrected chi connectivity index (χ2v) is 6.89. The van der Waals surface area contributed by atoms with Crippen molar-refractivity contribution in [3.05, 3.63) is 0 Å². The highest BCUT2D eigenvalue weighted by molar-refractivity contribution is 5.83. The fourth-order valence-electron chi connectivity index (χ4n) is 2.40. The Kier molecular flexibility index (Phi) is 3.39. The van der Waals surface area contributed by atoms with Crippen molar-refractivity contribution >= 4 is 5.91 Å². The Morgan fingerprint density at radius 2 is 1.56 bits per heavy atom. The minimum absolute atomic E-state index is 0.00810. The largest absolute Gasteiger partial charge is 0.343 e. The summed E-state index contributed by atoms with van der Waals surface area (Å²) in [5, 5.41) is 0. The highest BCUT2D eigenvalue weighted by atomic mass is 16.2. The predicted octanol–water partition coefficient (Wildman–Crippen LogP) is 1.97. The summed E-state index contributed by atoms with van der Waals surface area (Å²) < 4.78 is 0. The number of carbonyl (C=O) groups is 1. The molecule has 0 aromatic rings. The van der Waals surface area contributed by atoms with E-state index >= 15 is 0 Å². The number of hydrogen-bond acceptors (Lipinski definition) is 2. The zero-order valence-electron chi connectivity index (χ0n) is 11.8. The average Bonchev–Trinajstić information content (AvgIpc) is 2.05. The van der Waals surface area contributed by atoms with Crippen LogP contribution in [0.4, 0.5) is 0 Å². The normalized spacial score (nSPS) is 25.1. The first-order chi connectivity index (χ1) is 7.05. The first-order valence-electron chi connectivity index (χ1n) is 6.07. The van der Waals surface area contributed by atoms with E-state index in [2.05, 4.69) is 46.4 Å². The number of likely N-dealkylation sites (N-methyl/N-ethyl adjacent to an activating group) is 1. The monoisotopic (exact) mass is 226 g/mol. The fraction of sp³-hybridized carbons (Fsp3) is 0.923. The lowest BCUT2D eigenvalue weighted by Crippen LogP contribution is -2.65. The summed E-state index contributed by atoms with van der Waals surface area (Å²) in [5.41, 5.74) is 0.0356. The van der Waals surface area contributed by atoms with E-state index in [0.717, 1.165) is 13.1 Å². The summed E-state index contributed by atoms with van der Waals surface area (Å²) in [6.45, 7) is 14.8. The molecule has 94 valence electrons. The van der Waals surface area contributed by atoms with Crippen molar-refractivity contribution < 1.29 is 4.79 Å². The molecule has 1 aliphatic heterocycles. The van der Waals surface area contributed by atoms with Crippen molar-refractivity contribution in [2.24, 2.45) is 5.41 Å². The average molecular weight is 226 g/mol. The molecule has 0 aromatic heterocycles. The molecule has 3 heteroatoms. The molecule has 1 saturated heterocycles. The molecular formula is C13H26N2O. The molecule has 1 rings (SSSR count). The Balaban J connectivity index is 3.05. The number of rotatable bonds is 0. The van der Waals surface area contributed by atoms with Crippen LogP contribution in [0.3, 0.4) is 0 Å². The third kappa shape index (κ3) is 2.57. The molecule has 0 bridgehead atoms. The molecule has 16 heavy (non-hydrogen) atoms. The van der Waals surface area contributed by atoms with Crippen molar-refractivity contribution in [2.45, 2.75) is 53.1 Å². The smallest absolute Gasteiger partial charge is 0.240 e. The Labute approximate surface area is 99.8 Å². The number of amides is 1. The maximum atomic E-state index is 12.3. The van der Waals surface area contributed by atoms with Gasteiger partial charge in [-0.05, 0) is 26.2 Å². The molecule has 1 atom stereocenters. The van der Waals surface area contributed by atoms with Gasteiger partial charge in [-0.3, -0.25) is 9.69 Å². The Morgan fingerprint density at radius 1 is 1.06 bits per heavy atom. The van der Waals surface area contributed by atoms with Crippen molar-refractivity contribution in [3.8, 4) is 0 Å². The zero-order chi connectivity index (χ0) is 12.7. The van der Waals surface area contributed by atoms with Gasteiger partial charge in [-0.25, -0.2) is 0 Å².